The van der Waals surface area contributed by atoms with Gasteiger partial charge in [0.15, 0.2) is 6.61 Å². The molecule has 0 saturated heterocycles. The van der Waals surface area contributed by atoms with E-state index in [0.717, 1.165) is 20.8 Å². The number of para-hydroxylation sites is 1. The molecule has 0 fully saturated rings. The minimum absolute atomic E-state index is 0.109. The highest BCUT2D eigenvalue weighted by atomic mass is 32.1. The zero-order chi connectivity index (χ0) is 23.3. The molecule has 1 N–H and O–H groups in total. The normalized spacial score (nSPS) is 11.2. The number of nitrogens with zero attached hydrogens (tertiary/aromatic N) is 2. The number of likely N-dealkylation sites (N-methyl/N-ethyl adjacent to an activating group) is 1. The maximum atomic E-state index is 12.7. The second-order valence-corrected chi connectivity index (χ2v) is 9.65. The number of hydrogen-bond donors (Lipinski definition) is 1. The average Bonchev–Trinajstić information content (AvgIpc) is 3.13. The summed E-state index contributed by atoms with van der Waals surface area (Å²) < 4.78 is 6.34. The molecule has 0 unspecified atom stereocenters. The van der Waals surface area contributed by atoms with Crippen molar-refractivity contribution in [2.24, 2.45) is 0 Å². The van der Waals surface area contributed by atoms with Crippen LogP contribution >= 0.6 is 11.3 Å². The molecule has 3 aromatic rings. The highest BCUT2D eigenvalue weighted by Crippen LogP contribution is 2.25. The third-order valence-corrected chi connectivity index (χ3v) is 5.60. The smallest absolute Gasteiger partial charge is 0.338 e. The van der Waals surface area contributed by atoms with Crippen LogP contribution in [-0.2, 0) is 20.7 Å². The maximum Gasteiger partial charge on any atom is 0.338 e. The van der Waals surface area contributed by atoms with Crippen molar-refractivity contribution < 1.29 is 19.1 Å². The molecule has 2 amide bonds. The Hall–Kier alpha value is -3.26. The van der Waals surface area contributed by atoms with Crippen LogP contribution in [0.3, 0.4) is 0 Å². The first kappa shape index (κ1) is 23.4. The number of amides is 2. The van der Waals surface area contributed by atoms with Crippen molar-refractivity contribution in [1.29, 1.82) is 0 Å². The number of carbonyl (C=O) groups is 3. The van der Waals surface area contributed by atoms with Crippen molar-refractivity contribution in [2.75, 3.05) is 20.2 Å². The first-order valence-corrected chi connectivity index (χ1v) is 11.1. The van der Waals surface area contributed by atoms with Gasteiger partial charge in [0.25, 0.3) is 5.91 Å². The molecule has 7 nitrogen and oxygen atoms in total. The summed E-state index contributed by atoms with van der Waals surface area (Å²) in [6.45, 7) is 5.04. The molecule has 0 radical (unpaired) electrons. The Morgan fingerprint density at radius 1 is 1.06 bits per heavy atom. The van der Waals surface area contributed by atoms with Gasteiger partial charge >= 0.3 is 5.97 Å². The van der Waals surface area contributed by atoms with E-state index in [-0.39, 0.29) is 18.0 Å². The van der Waals surface area contributed by atoms with E-state index in [1.807, 2.05) is 57.2 Å². The van der Waals surface area contributed by atoms with Gasteiger partial charge in [0, 0.05) is 19.0 Å². The minimum atomic E-state index is -0.581. The van der Waals surface area contributed by atoms with Crippen LogP contribution in [-0.4, -0.2) is 53.4 Å². The molecule has 3 rings (SSSR count). The SMILES string of the molecule is CN(CC(=O)NC(C)(C)C)C(=O)COC(=O)c1ccccc1Cc1nc2ccccc2s1. The van der Waals surface area contributed by atoms with Gasteiger partial charge in [-0.25, -0.2) is 9.78 Å². The lowest BCUT2D eigenvalue weighted by molar-refractivity contribution is -0.137. The van der Waals surface area contributed by atoms with E-state index in [9.17, 15) is 14.4 Å². The van der Waals surface area contributed by atoms with Gasteiger partial charge in [0.1, 0.15) is 0 Å². The Balaban J connectivity index is 1.60. The fourth-order valence-corrected chi connectivity index (χ4v) is 4.10. The van der Waals surface area contributed by atoms with E-state index in [0.29, 0.717) is 12.0 Å². The molecule has 0 bridgehead atoms. The van der Waals surface area contributed by atoms with Crippen LogP contribution < -0.4 is 5.32 Å². The zero-order valence-corrected chi connectivity index (χ0v) is 19.5. The number of benzene rings is 2. The Morgan fingerprint density at radius 3 is 2.47 bits per heavy atom. The molecule has 2 aromatic carbocycles. The summed E-state index contributed by atoms with van der Waals surface area (Å²) >= 11 is 1.58. The first-order valence-electron chi connectivity index (χ1n) is 10.3. The Kier molecular flexibility index (Phi) is 7.25. The van der Waals surface area contributed by atoms with Gasteiger partial charge in [-0.2, -0.15) is 0 Å². The Morgan fingerprint density at radius 2 is 1.75 bits per heavy atom. The summed E-state index contributed by atoms with van der Waals surface area (Å²) in [4.78, 5) is 42.9. The van der Waals surface area contributed by atoms with Gasteiger partial charge in [0.2, 0.25) is 5.91 Å². The lowest BCUT2D eigenvalue weighted by Gasteiger charge is -2.23. The molecule has 0 atom stereocenters. The van der Waals surface area contributed by atoms with Crippen LogP contribution in [0.1, 0.15) is 41.7 Å². The van der Waals surface area contributed by atoms with Crippen molar-refractivity contribution in [2.45, 2.75) is 32.7 Å². The van der Waals surface area contributed by atoms with Crippen molar-refractivity contribution in [1.82, 2.24) is 15.2 Å². The van der Waals surface area contributed by atoms with Crippen LogP contribution in [0.2, 0.25) is 0 Å². The maximum absolute atomic E-state index is 12.7. The van der Waals surface area contributed by atoms with Gasteiger partial charge < -0.3 is 15.0 Å². The lowest BCUT2D eigenvalue weighted by atomic mass is 10.1. The predicted molar refractivity (Wildman–Crippen MR) is 125 cm³/mol. The van der Waals surface area contributed by atoms with Crippen molar-refractivity contribution in [3.05, 3.63) is 64.7 Å². The number of hydrogen-bond acceptors (Lipinski definition) is 6. The fraction of sp³-hybridized carbons (Fsp3) is 0.333. The van der Waals surface area contributed by atoms with Crippen molar-refractivity contribution in [3.8, 4) is 0 Å². The van der Waals surface area contributed by atoms with E-state index in [1.54, 1.807) is 23.5 Å². The monoisotopic (exact) mass is 453 g/mol. The molecule has 1 heterocycles. The van der Waals surface area contributed by atoms with Gasteiger partial charge in [-0.3, -0.25) is 9.59 Å². The highest BCUT2D eigenvalue weighted by Gasteiger charge is 2.20. The van der Waals surface area contributed by atoms with Gasteiger partial charge in [0.05, 0.1) is 27.3 Å². The number of esters is 1. The van der Waals surface area contributed by atoms with E-state index >= 15 is 0 Å². The number of aromatic nitrogens is 1. The van der Waals surface area contributed by atoms with Gasteiger partial charge in [-0.15, -0.1) is 11.3 Å². The summed E-state index contributed by atoms with van der Waals surface area (Å²) in [6, 6.07) is 15.0. The standard InChI is InChI=1S/C24H27N3O4S/c1-24(2,3)26-20(28)14-27(4)22(29)15-31-23(30)17-10-6-5-9-16(17)13-21-25-18-11-7-8-12-19(18)32-21/h5-12H,13-15H2,1-4H3,(H,26,28). The average molecular weight is 454 g/mol. The van der Waals surface area contributed by atoms with E-state index in [4.69, 9.17) is 4.74 Å². The topological polar surface area (TPSA) is 88.6 Å². The lowest BCUT2D eigenvalue weighted by Crippen LogP contribution is -2.46. The molecule has 0 saturated carbocycles. The number of nitrogens with one attached hydrogen (secondary N) is 1. The highest BCUT2D eigenvalue weighted by molar-refractivity contribution is 7.18. The summed E-state index contributed by atoms with van der Waals surface area (Å²) in [5.41, 5.74) is 1.71. The second kappa shape index (κ2) is 9.91. The molecular weight excluding hydrogens is 426 g/mol. The van der Waals surface area contributed by atoms with E-state index in [1.165, 1.54) is 11.9 Å². The largest absolute Gasteiger partial charge is 0.452 e. The van der Waals surface area contributed by atoms with Crippen LogP contribution in [0.5, 0.6) is 0 Å². The molecule has 32 heavy (non-hydrogen) atoms. The molecular formula is C24H27N3O4S. The van der Waals surface area contributed by atoms with Crippen molar-refractivity contribution >= 4 is 39.3 Å². The summed E-state index contributed by atoms with van der Waals surface area (Å²) in [6.07, 6.45) is 0.492. The number of rotatable bonds is 7. The van der Waals surface area contributed by atoms with Crippen LogP contribution in [0.25, 0.3) is 10.2 Å². The van der Waals surface area contributed by atoms with E-state index in [2.05, 4.69) is 10.3 Å². The molecule has 1 aromatic heterocycles. The zero-order valence-electron chi connectivity index (χ0n) is 18.7. The Bertz CT molecular complexity index is 1100. The first-order chi connectivity index (χ1) is 15.1. The third kappa shape index (κ3) is 6.37. The number of ether oxygens (including phenoxy) is 1. The number of carbonyl (C=O) groups excluding carboxylic acids is 3. The third-order valence-electron chi connectivity index (χ3n) is 4.56. The quantitative estimate of drug-likeness (QED) is 0.554. The molecule has 0 spiro atoms. The summed E-state index contributed by atoms with van der Waals surface area (Å²) in [5, 5.41) is 3.69. The number of fused-ring (bicyclic) bond motifs is 1. The van der Waals surface area contributed by atoms with E-state index < -0.39 is 18.5 Å². The minimum Gasteiger partial charge on any atom is -0.452 e. The molecule has 0 aliphatic carbocycles. The van der Waals surface area contributed by atoms with Crippen LogP contribution in [0, 0.1) is 0 Å². The van der Waals surface area contributed by atoms with Gasteiger partial charge in [-0.05, 0) is 44.5 Å². The summed E-state index contributed by atoms with van der Waals surface area (Å²) in [7, 11) is 1.50. The predicted octanol–water partition coefficient (Wildman–Crippen LogP) is 3.42. The number of thiazole rings is 1. The van der Waals surface area contributed by atoms with Gasteiger partial charge in [-0.1, -0.05) is 30.3 Å². The molecule has 0 aliphatic rings. The summed E-state index contributed by atoms with van der Waals surface area (Å²) in [5.74, 6) is -1.31. The molecule has 168 valence electrons. The second-order valence-electron chi connectivity index (χ2n) is 8.53. The molecule has 8 heteroatoms. The van der Waals surface area contributed by atoms with Crippen LogP contribution in [0.4, 0.5) is 0 Å². The Labute approximate surface area is 191 Å². The van der Waals surface area contributed by atoms with Crippen LogP contribution in [0.15, 0.2) is 48.5 Å². The fourth-order valence-electron chi connectivity index (χ4n) is 3.11. The molecule has 0 aliphatic heterocycles. The van der Waals surface area contributed by atoms with Crippen molar-refractivity contribution in [3.63, 3.8) is 0 Å².